The summed E-state index contributed by atoms with van der Waals surface area (Å²) in [5, 5.41) is 32.9. The smallest absolute Gasteiger partial charge is 0.362 e. The molecule has 3 atom stereocenters. The lowest BCUT2D eigenvalue weighted by molar-refractivity contribution is -0.975. The van der Waals surface area contributed by atoms with Gasteiger partial charge in [0.1, 0.15) is 6.04 Å². The van der Waals surface area contributed by atoms with Crippen LogP contribution in [0.3, 0.4) is 0 Å². The summed E-state index contributed by atoms with van der Waals surface area (Å²) in [6, 6.07) is -3.32. The SMILES string of the molecule is CCC/C=C/CCCCCCCCCCCC[N+](C(CCC)C(=O)[O-])(C(CCC)C(=O)O)C(CCC)C(=O)O. The molecule has 0 saturated carbocycles. The van der Waals surface area contributed by atoms with E-state index in [9.17, 15) is 29.7 Å². The number of hydrogen-bond donors (Lipinski definition) is 2. The van der Waals surface area contributed by atoms with Gasteiger partial charge in [0.05, 0.1) is 12.5 Å². The number of rotatable bonds is 27. The maximum atomic E-state index is 12.5. The minimum atomic E-state index is -1.33. The Morgan fingerprint density at radius 1 is 0.590 bits per heavy atom. The van der Waals surface area contributed by atoms with E-state index < -0.39 is 40.5 Å². The Bertz CT molecular complexity index is 632. The summed E-state index contributed by atoms with van der Waals surface area (Å²) in [5.74, 6) is -3.56. The zero-order valence-electron chi connectivity index (χ0n) is 25.5. The van der Waals surface area contributed by atoms with Crippen molar-refractivity contribution < 1.29 is 34.2 Å². The number of carbonyl (C=O) groups excluding carboxylic acids is 1. The molecule has 0 saturated heterocycles. The second kappa shape index (κ2) is 22.9. The highest BCUT2D eigenvalue weighted by atomic mass is 16.4. The van der Waals surface area contributed by atoms with Gasteiger partial charge in [-0.05, 0) is 44.9 Å². The summed E-state index contributed by atoms with van der Waals surface area (Å²) in [4.78, 5) is 37.5. The maximum Gasteiger partial charge on any atom is 0.362 e. The van der Waals surface area contributed by atoms with Crippen molar-refractivity contribution >= 4 is 17.9 Å². The van der Waals surface area contributed by atoms with Crippen LogP contribution in [0, 0.1) is 0 Å². The molecule has 0 bridgehead atoms. The fraction of sp³-hybridized carbons (Fsp3) is 0.844. The molecule has 0 fully saturated rings. The van der Waals surface area contributed by atoms with Gasteiger partial charge in [-0.25, -0.2) is 9.59 Å². The van der Waals surface area contributed by atoms with Crippen molar-refractivity contribution in [1.29, 1.82) is 0 Å². The third kappa shape index (κ3) is 13.8. The fourth-order valence-corrected chi connectivity index (χ4v) is 6.10. The number of carboxylic acids is 3. The normalized spacial score (nSPS) is 15.6. The fourth-order valence-electron chi connectivity index (χ4n) is 6.10. The molecule has 7 heteroatoms. The highest BCUT2D eigenvalue weighted by Gasteiger charge is 2.54. The minimum absolute atomic E-state index is 0.207. The van der Waals surface area contributed by atoms with Gasteiger partial charge in [0.25, 0.3) is 0 Å². The van der Waals surface area contributed by atoms with E-state index in [1.54, 1.807) is 0 Å². The van der Waals surface area contributed by atoms with Crippen molar-refractivity contribution in [1.82, 2.24) is 0 Å². The van der Waals surface area contributed by atoms with Crippen LogP contribution in [0.25, 0.3) is 0 Å². The molecule has 0 aromatic carbocycles. The summed E-state index contributed by atoms with van der Waals surface area (Å²) in [5.41, 5.74) is 0. The van der Waals surface area contributed by atoms with E-state index in [1.165, 1.54) is 51.4 Å². The van der Waals surface area contributed by atoms with Crippen molar-refractivity contribution in [3.05, 3.63) is 12.2 Å². The van der Waals surface area contributed by atoms with Gasteiger partial charge in [-0.1, -0.05) is 97.6 Å². The van der Waals surface area contributed by atoms with Gasteiger partial charge in [-0.15, -0.1) is 0 Å². The van der Waals surface area contributed by atoms with Gasteiger partial charge >= 0.3 is 11.9 Å². The number of aliphatic carboxylic acids is 3. The van der Waals surface area contributed by atoms with E-state index in [2.05, 4.69) is 19.1 Å². The quantitative estimate of drug-likeness (QED) is 0.0651. The Labute approximate surface area is 238 Å². The highest BCUT2D eigenvalue weighted by molar-refractivity contribution is 5.77. The first-order chi connectivity index (χ1) is 18.7. The van der Waals surface area contributed by atoms with Crippen molar-refractivity contribution in [2.75, 3.05) is 6.54 Å². The van der Waals surface area contributed by atoms with Crippen LogP contribution in [0.1, 0.15) is 150 Å². The lowest BCUT2D eigenvalue weighted by Crippen LogP contribution is -2.74. The Morgan fingerprint density at radius 3 is 1.36 bits per heavy atom. The first-order valence-corrected chi connectivity index (χ1v) is 15.9. The number of carboxylic acid groups (broad SMARTS) is 3. The monoisotopic (exact) mass is 553 g/mol. The molecular formula is C32H59NO6. The van der Waals surface area contributed by atoms with E-state index in [4.69, 9.17) is 0 Å². The predicted molar refractivity (Wildman–Crippen MR) is 156 cm³/mol. The van der Waals surface area contributed by atoms with Crippen LogP contribution in [0.15, 0.2) is 12.2 Å². The lowest BCUT2D eigenvalue weighted by atomic mass is 9.91. The molecule has 0 heterocycles. The largest absolute Gasteiger partial charge is 0.544 e. The van der Waals surface area contributed by atoms with E-state index in [0.29, 0.717) is 25.7 Å². The number of carbonyl (C=O) groups is 3. The van der Waals surface area contributed by atoms with Crippen LogP contribution in [0.2, 0.25) is 0 Å². The first kappa shape index (κ1) is 37.1. The second-order valence-corrected chi connectivity index (χ2v) is 11.2. The zero-order chi connectivity index (χ0) is 29.5. The third-order valence-corrected chi connectivity index (χ3v) is 8.06. The van der Waals surface area contributed by atoms with E-state index in [1.807, 2.05) is 20.8 Å². The van der Waals surface area contributed by atoms with Crippen molar-refractivity contribution in [2.45, 2.75) is 168 Å². The van der Waals surface area contributed by atoms with Crippen molar-refractivity contribution in [3.63, 3.8) is 0 Å². The predicted octanol–water partition coefficient (Wildman–Crippen LogP) is 6.88. The molecule has 0 rings (SSSR count). The molecule has 0 radical (unpaired) electrons. The topological polar surface area (TPSA) is 115 Å². The van der Waals surface area contributed by atoms with Gasteiger partial charge in [0.15, 0.2) is 12.1 Å². The summed E-state index contributed by atoms with van der Waals surface area (Å²) in [7, 11) is 0. The van der Waals surface area contributed by atoms with Crippen molar-refractivity contribution in [3.8, 4) is 0 Å². The van der Waals surface area contributed by atoms with Crippen LogP contribution in [0.4, 0.5) is 0 Å². The maximum absolute atomic E-state index is 12.5. The molecule has 0 aromatic rings. The van der Waals surface area contributed by atoms with Crippen LogP contribution in [-0.4, -0.2) is 57.3 Å². The standard InChI is InChI=1S/C32H59NO6/c1-5-9-10-11-12-13-14-15-16-17-18-19-20-21-22-26-33(27(23-6-2)30(34)35,28(24-7-3)31(36)37)29(25-8-4)32(38)39/h10-11,27-29H,5-9,12-26H2,1-4H3,(H2-,34,35,36,37,38,39)/b11-10+. The molecule has 0 aliphatic rings. The molecule has 39 heavy (non-hydrogen) atoms. The van der Waals surface area contributed by atoms with Gasteiger partial charge in [-0.2, -0.15) is 0 Å². The number of quaternary nitrogens is 1. The summed E-state index contributed by atoms with van der Waals surface area (Å²) in [6.45, 7) is 8.00. The number of nitrogens with zero attached hydrogens (tertiary/aromatic N) is 1. The van der Waals surface area contributed by atoms with E-state index in [0.717, 1.165) is 25.7 Å². The molecule has 228 valence electrons. The van der Waals surface area contributed by atoms with Crippen LogP contribution >= 0.6 is 0 Å². The first-order valence-electron chi connectivity index (χ1n) is 15.9. The van der Waals surface area contributed by atoms with Crippen LogP contribution < -0.4 is 5.11 Å². The van der Waals surface area contributed by atoms with Crippen LogP contribution in [-0.2, 0) is 14.4 Å². The summed E-state index contributed by atoms with van der Waals surface area (Å²) < 4.78 is -0.434. The summed E-state index contributed by atoms with van der Waals surface area (Å²) >= 11 is 0. The zero-order valence-corrected chi connectivity index (χ0v) is 25.5. The van der Waals surface area contributed by atoms with E-state index in [-0.39, 0.29) is 25.8 Å². The number of allylic oxidation sites excluding steroid dienone is 2. The molecule has 3 unspecified atom stereocenters. The second-order valence-electron chi connectivity index (χ2n) is 11.2. The average molecular weight is 554 g/mol. The molecule has 7 nitrogen and oxygen atoms in total. The molecule has 0 aromatic heterocycles. The minimum Gasteiger partial charge on any atom is -0.544 e. The highest BCUT2D eigenvalue weighted by Crippen LogP contribution is 2.34. The Morgan fingerprint density at radius 2 is 0.974 bits per heavy atom. The van der Waals surface area contributed by atoms with Crippen molar-refractivity contribution in [2.24, 2.45) is 0 Å². The van der Waals surface area contributed by atoms with E-state index >= 15 is 0 Å². The molecule has 0 spiro atoms. The van der Waals surface area contributed by atoms with Gasteiger partial charge < -0.3 is 20.1 Å². The summed E-state index contributed by atoms with van der Waals surface area (Å²) in [6.07, 6.45) is 21.4. The molecule has 2 N–H and O–H groups in total. The lowest BCUT2D eigenvalue weighted by Gasteiger charge is -2.52. The van der Waals surface area contributed by atoms with Gasteiger partial charge in [0, 0.05) is 19.3 Å². The molecular weight excluding hydrogens is 494 g/mol. The molecule has 0 aliphatic heterocycles. The van der Waals surface area contributed by atoms with Gasteiger partial charge in [0.2, 0.25) is 0 Å². The number of unbranched alkanes of at least 4 members (excludes halogenated alkanes) is 11. The van der Waals surface area contributed by atoms with Crippen LogP contribution in [0.5, 0.6) is 0 Å². The molecule has 0 amide bonds. The number of hydrogen-bond acceptors (Lipinski definition) is 4. The van der Waals surface area contributed by atoms with Gasteiger partial charge in [-0.3, -0.25) is 4.48 Å². The third-order valence-electron chi connectivity index (χ3n) is 8.06. The molecule has 0 aliphatic carbocycles. The Hall–Kier alpha value is -1.89. The Balaban J connectivity index is 5.20. The average Bonchev–Trinajstić information content (AvgIpc) is 2.89. The Kier molecular flexibility index (Phi) is 21.8.